The van der Waals surface area contributed by atoms with Gasteiger partial charge in [-0.1, -0.05) is 26.7 Å². The van der Waals surface area contributed by atoms with Crippen molar-refractivity contribution < 1.29 is 9.90 Å². The molecule has 100 valence electrons. The highest BCUT2D eigenvalue weighted by atomic mass is 16.4. The topological polar surface area (TPSA) is 62.2 Å². The number of rotatable bonds is 6. The molecule has 0 bridgehead atoms. The molecule has 1 atom stereocenters. The van der Waals surface area contributed by atoms with Crippen LogP contribution in [0, 0.1) is 12.8 Å². The first-order valence-electron chi connectivity index (χ1n) is 6.47. The fourth-order valence-electron chi connectivity index (χ4n) is 2.17. The van der Waals surface area contributed by atoms with Gasteiger partial charge in [-0.05, 0) is 31.9 Å². The Morgan fingerprint density at radius 2 is 2.00 bits per heavy atom. The molecule has 0 amide bonds. The van der Waals surface area contributed by atoms with Gasteiger partial charge in [0.2, 0.25) is 0 Å². The van der Waals surface area contributed by atoms with Crippen molar-refractivity contribution in [2.45, 2.75) is 46.6 Å². The van der Waals surface area contributed by atoms with Crippen molar-refractivity contribution in [1.29, 1.82) is 0 Å². The van der Waals surface area contributed by atoms with E-state index < -0.39 is 5.97 Å². The van der Waals surface area contributed by atoms with Crippen molar-refractivity contribution in [3.8, 4) is 0 Å². The minimum absolute atomic E-state index is 0.215. The normalized spacial score (nSPS) is 12.5. The summed E-state index contributed by atoms with van der Waals surface area (Å²) in [5.74, 6) is 0.0533. The molecule has 1 heterocycles. The van der Waals surface area contributed by atoms with E-state index in [9.17, 15) is 4.79 Å². The Morgan fingerprint density at radius 1 is 1.39 bits per heavy atom. The molecule has 0 saturated carbocycles. The molecule has 2 N–H and O–H groups in total. The lowest BCUT2D eigenvalue weighted by Gasteiger charge is -2.23. The Morgan fingerprint density at radius 3 is 2.50 bits per heavy atom. The van der Waals surface area contributed by atoms with Crippen molar-refractivity contribution >= 4 is 11.8 Å². The standard InChI is InChI=1S/C14H22N2O2/c1-5-11(6-2)10(4)16-13-12(14(17)18)8-7-9(3)15-13/h7-8,10-11H,5-6H2,1-4H3,(H,15,16)(H,17,18). The molecule has 18 heavy (non-hydrogen) atoms. The number of carboxylic acid groups (broad SMARTS) is 1. The summed E-state index contributed by atoms with van der Waals surface area (Å²) in [5, 5.41) is 12.4. The lowest BCUT2D eigenvalue weighted by molar-refractivity contribution is 0.0697. The van der Waals surface area contributed by atoms with E-state index in [0.29, 0.717) is 11.7 Å². The summed E-state index contributed by atoms with van der Waals surface area (Å²) in [6.07, 6.45) is 2.14. The zero-order valence-corrected chi connectivity index (χ0v) is 11.5. The monoisotopic (exact) mass is 250 g/mol. The number of carbonyl (C=O) groups is 1. The largest absolute Gasteiger partial charge is 0.478 e. The summed E-state index contributed by atoms with van der Waals surface area (Å²) in [4.78, 5) is 15.4. The van der Waals surface area contributed by atoms with Crippen molar-refractivity contribution in [2.24, 2.45) is 5.92 Å². The number of aromatic carboxylic acids is 1. The SMILES string of the molecule is CCC(CC)C(C)Nc1nc(C)ccc1C(=O)O. The molecule has 0 fully saturated rings. The second kappa shape index (κ2) is 6.38. The first-order valence-corrected chi connectivity index (χ1v) is 6.47. The summed E-state index contributed by atoms with van der Waals surface area (Å²) in [5.41, 5.74) is 1.05. The van der Waals surface area contributed by atoms with Gasteiger partial charge >= 0.3 is 5.97 Å². The van der Waals surface area contributed by atoms with Gasteiger partial charge in [-0.2, -0.15) is 0 Å². The van der Waals surface area contributed by atoms with Gasteiger partial charge in [0.1, 0.15) is 11.4 Å². The maximum atomic E-state index is 11.1. The van der Waals surface area contributed by atoms with Gasteiger partial charge in [0, 0.05) is 11.7 Å². The van der Waals surface area contributed by atoms with E-state index in [4.69, 9.17) is 5.11 Å². The molecular formula is C14H22N2O2. The van der Waals surface area contributed by atoms with Crippen molar-refractivity contribution in [2.75, 3.05) is 5.32 Å². The second-order valence-corrected chi connectivity index (χ2v) is 4.66. The Labute approximate surface area is 108 Å². The van der Waals surface area contributed by atoms with E-state index in [1.54, 1.807) is 12.1 Å². The minimum Gasteiger partial charge on any atom is -0.478 e. The van der Waals surface area contributed by atoms with Crippen LogP contribution in [0.2, 0.25) is 0 Å². The molecule has 1 rings (SSSR count). The van der Waals surface area contributed by atoms with Gasteiger partial charge in [0.05, 0.1) is 0 Å². The highest BCUT2D eigenvalue weighted by Crippen LogP contribution is 2.20. The van der Waals surface area contributed by atoms with E-state index >= 15 is 0 Å². The summed E-state index contributed by atoms with van der Waals surface area (Å²) >= 11 is 0. The molecule has 0 spiro atoms. The number of aromatic nitrogens is 1. The molecule has 0 aliphatic heterocycles. The number of carboxylic acids is 1. The van der Waals surface area contributed by atoms with Crippen LogP contribution in [0.5, 0.6) is 0 Å². The third kappa shape index (κ3) is 3.45. The summed E-state index contributed by atoms with van der Waals surface area (Å²) in [6, 6.07) is 3.54. The van der Waals surface area contributed by atoms with Gasteiger partial charge < -0.3 is 10.4 Å². The number of nitrogens with zero attached hydrogens (tertiary/aromatic N) is 1. The third-order valence-corrected chi connectivity index (χ3v) is 3.39. The van der Waals surface area contributed by atoms with E-state index in [-0.39, 0.29) is 11.6 Å². The number of nitrogens with one attached hydrogen (secondary N) is 1. The van der Waals surface area contributed by atoms with Gasteiger partial charge in [-0.15, -0.1) is 0 Å². The second-order valence-electron chi connectivity index (χ2n) is 4.66. The van der Waals surface area contributed by atoms with Gasteiger partial charge in [0.15, 0.2) is 0 Å². The van der Waals surface area contributed by atoms with Crippen LogP contribution in [0.15, 0.2) is 12.1 Å². The number of pyridine rings is 1. The van der Waals surface area contributed by atoms with Crippen LogP contribution in [0.3, 0.4) is 0 Å². The van der Waals surface area contributed by atoms with Crippen LogP contribution in [0.4, 0.5) is 5.82 Å². The third-order valence-electron chi connectivity index (χ3n) is 3.39. The zero-order chi connectivity index (χ0) is 13.7. The first kappa shape index (κ1) is 14.5. The van der Waals surface area contributed by atoms with Crippen molar-refractivity contribution in [1.82, 2.24) is 4.98 Å². The first-order chi connectivity index (χ1) is 8.49. The Hall–Kier alpha value is -1.58. The van der Waals surface area contributed by atoms with Crippen molar-refractivity contribution in [3.05, 3.63) is 23.4 Å². The van der Waals surface area contributed by atoms with Gasteiger partial charge in [0.25, 0.3) is 0 Å². The molecule has 4 nitrogen and oxygen atoms in total. The molecule has 1 unspecified atom stereocenters. The number of aryl methyl sites for hydroxylation is 1. The number of hydrogen-bond acceptors (Lipinski definition) is 3. The number of hydrogen-bond donors (Lipinski definition) is 2. The molecule has 0 saturated heterocycles. The maximum absolute atomic E-state index is 11.1. The predicted molar refractivity (Wildman–Crippen MR) is 73.1 cm³/mol. The Balaban J connectivity index is 2.95. The summed E-state index contributed by atoms with van der Waals surface area (Å²) < 4.78 is 0. The quantitative estimate of drug-likeness (QED) is 0.813. The highest BCUT2D eigenvalue weighted by molar-refractivity contribution is 5.93. The Kier molecular flexibility index (Phi) is 5.13. The lowest BCUT2D eigenvalue weighted by Crippen LogP contribution is -2.26. The van der Waals surface area contributed by atoms with E-state index in [0.717, 1.165) is 18.5 Å². The van der Waals surface area contributed by atoms with Crippen molar-refractivity contribution in [3.63, 3.8) is 0 Å². The molecule has 0 radical (unpaired) electrons. The van der Waals surface area contributed by atoms with Gasteiger partial charge in [-0.25, -0.2) is 9.78 Å². The summed E-state index contributed by atoms with van der Waals surface area (Å²) in [7, 11) is 0. The van der Waals surface area contributed by atoms with Crippen LogP contribution >= 0.6 is 0 Å². The molecule has 1 aromatic rings. The Bertz CT molecular complexity index is 414. The predicted octanol–water partition coefficient (Wildman–Crippen LogP) is 3.32. The fourth-order valence-corrected chi connectivity index (χ4v) is 2.17. The average Bonchev–Trinajstić information content (AvgIpc) is 2.30. The zero-order valence-electron chi connectivity index (χ0n) is 11.5. The smallest absolute Gasteiger partial charge is 0.339 e. The summed E-state index contributed by atoms with van der Waals surface area (Å²) in [6.45, 7) is 8.23. The molecular weight excluding hydrogens is 228 g/mol. The van der Waals surface area contributed by atoms with Crippen LogP contribution < -0.4 is 5.32 Å². The minimum atomic E-state index is -0.943. The molecule has 4 heteroatoms. The lowest BCUT2D eigenvalue weighted by atomic mass is 9.95. The average molecular weight is 250 g/mol. The maximum Gasteiger partial charge on any atom is 0.339 e. The fraction of sp³-hybridized carbons (Fsp3) is 0.571. The van der Waals surface area contributed by atoms with Crippen LogP contribution in [0.25, 0.3) is 0 Å². The van der Waals surface area contributed by atoms with Crippen LogP contribution in [0.1, 0.15) is 49.7 Å². The molecule has 1 aromatic heterocycles. The number of anilines is 1. The van der Waals surface area contributed by atoms with Gasteiger partial charge in [-0.3, -0.25) is 0 Å². The highest BCUT2D eigenvalue weighted by Gasteiger charge is 2.17. The van der Waals surface area contributed by atoms with E-state index in [1.165, 1.54) is 0 Å². The molecule has 0 aliphatic rings. The van der Waals surface area contributed by atoms with E-state index in [1.807, 2.05) is 6.92 Å². The van der Waals surface area contributed by atoms with Crippen LogP contribution in [-0.2, 0) is 0 Å². The molecule has 0 aliphatic carbocycles. The molecule has 0 aromatic carbocycles. The van der Waals surface area contributed by atoms with E-state index in [2.05, 4.69) is 31.1 Å². The van der Waals surface area contributed by atoms with Crippen LogP contribution in [-0.4, -0.2) is 22.1 Å².